The zero-order valence-corrected chi connectivity index (χ0v) is 20.6. The Morgan fingerprint density at radius 3 is 2.50 bits per heavy atom. The van der Waals surface area contributed by atoms with Crippen LogP contribution in [0, 0.1) is 0 Å². The fourth-order valence-electron chi connectivity index (χ4n) is 3.18. The molecule has 11 nitrogen and oxygen atoms in total. The molecule has 3 rings (SSSR count). The second-order valence-electron chi connectivity index (χ2n) is 9.47. The molecule has 0 saturated heterocycles. The van der Waals surface area contributed by atoms with Gasteiger partial charge in [-0.15, -0.1) is 0 Å². The van der Waals surface area contributed by atoms with E-state index >= 15 is 0 Å². The highest BCUT2D eigenvalue weighted by atomic mass is 16.6. The Kier molecular flexibility index (Phi) is 7.65. The SMILES string of the molecule is CCN(CC(=O)Nc1ccc2c(c1)OCCO2)Cc1nc(C(C)(C)NC(=O)OC(C)(C)C)no1. The zero-order chi connectivity index (χ0) is 24.9. The number of hydrogen-bond acceptors (Lipinski definition) is 9. The minimum atomic E-state index is -0.906. The molecule has 2 N–H and O–H groups in total. The van der Waals surface area contributed by atoms with Crippen LogP contribution in [0.2, 0.25) is 0 Å². The number of nitrogens with zero attached hydrogens (tertiary/aromatic N) is 3. The topological polar surface area (TPSA) is 128 Å². The van der Waals surface area contributed by atoms with E-state index in [0.717, 1.165) is 0 Å². The van der Waals surface area contributed by atoms with Gasteiger partial charge in [0.25, 0.3) is 0 Å². The van der Waals surface area contributed by atoms with Crippen LogP contribution in [0.5, 0.6) is 11.5 Å². The summed E-state index contributed by atoms with van der Waals surface area (Å²) in [4.78, 5) is 31.0. The van der Waals surface area contributed by atoms with E-state index in [-0.39, 0.29) is 19.0 Å². The number of ether oxygens (including phenoxy) is 3. The molecule has 2 amide bonds. The third kappa shape index (κ3) is 7.08. The van der Waals surface area contributed by atoms with Crippen molar-refractivity contribution in [3.63, 3.8) is 0 Å². The molecule has 2 aromatic rings. The summed E-state index contributed by atoms with van der Waals surface area (Å²) < 4.78 is 21.7. The van der Waals surface area contributed by atoms with Crippen molar-refractivity contribution in [2.45, 2.75) is 59.2 Å². The van der Waals surface area contributed by atoms with Gasteiger partial charge in [-0.3, -0.25) is 9.69 Å². The lowest BCUT2D eigenvalue weighted by Gasteiger charge is -2.26. The van der Waals surface area contributed by atoms with Gasteiger partial charge < -0.3 is 29.4 Å². The molecule has 34 heavy (non-hydrogen) atoms. The highest BCUT2D eigenvalue weighted by molar-refractivity contribution is 5.92. The maximum atomic E-state index is 12.6. The van der Waals surface area contributed by atoms with Crippen LogP contribution in [0.25, 0.3) is 0 Å². The number of fused-ring (bicyclic) bond motifs is 1. The van der Waals surface area contributed by atoms with E-state index in [4.69, 9.17) is 18.7 Å². The van der Waals surface area contributed by atoms with E-state index in [9.17, 15) is 9.59 Å². The normalized spacial score (nSPS) is 13.5. The van der Waals surface area contributed by atoms with E-state index < -0.39 is 17.2 Å². The second kappa shape index (κ2) is 10.3. The fourth-order valence-corrected chi connectivity index (χ4v) is 3.18. The van der Waals surface area contributed by atoms with Crippen molar-refractivity contribution in [2.24, 2.45) is 0 Å². The van der Waals surface area contributed by atoms with Gasteiger partial charge >= 0.3 is 6.09 Å². The molecule has 0 spiro atoms. The van der Waals surface area contributed by atoms with E-state index in [0.29, 0.717) is 48.7 Å². The first-order chi connectivity index (χ1) is 15.9. The molecule has 0 atom stereocenters. The van der Waals surface area contributed by atoms with E-state index in [1.807, 2.05) is 11.8 Å². The molecular weight excluding hydrogens is 442 g/mol. The molecule has 1 aliphatic rings. The van der Waals surface area contributed by atoms with Crippen LogP contribution in [0.3, 0.4) is 0 Å². The third-order valence-corrected chi connectivity index (χ3v) is 4.84. The van der Waals surface area contributed by atoms with Crippen LogP contribution in [0.4, 0.5) is 10.5 Å². The van der Waals surface area contributed by atoms with Gasteiger partial charge in [-0.25, -0.2) is 4.79 Å². The lowest BCUT2D eigenvalue weighted by atomic mass is 10.1. The zero-order valence-electron chi connectivity index (χ0n) is 20.6. The number of rotatable bonds is 8. The molecule has 186 valence electrons. The van der Waals surface area contributed by atoms with Crippen LogP contribution in [0.15, 0.2) is 22.7 Å². The molecule has 0 unspecified atom stereocenters. The van der Waals surface area contributed by atoms with Crippen molar-refractivity contribution in [1.82, 2.24) is 20.4 Å². The van der Waals surface area contributed by atoms with Crippen LogP contribution in [-0.2, 0) is 21.6 Å². The first kappa shape index (κ1) is 25.3. The summed E-state index contributed by atoms with van der Waals surface area (Å²) in [5.74, 6) is 1.73. The Bertz CT molecular complexity index is 1010. The standard InChI is InChI=1S/C23H33N5O6/c1-7-28(13-18(29)24-15-8-9-16-17(12-15)32-11-10-31-16)14-19-25-20(27-34-19)23(5,6)26-21(30)33-22(2,3)4/h8-9,12H,7,10-11,13-14H2,1-6H3,(H,24,29)(H,26,30). The van der Waals surface area contributed by atoms with Gasteiger partial charge in [0, 0.05) is 11.8 Å². The smallest absolute Gasteiger partial charge is 0.408 e. The van der Waals surface area contributed by atoms with Crippen molar-refractivity contribution in [2.75, 3.05) is 31.6 Å². The average molecular weight is 476 g/mol. The molecule has 1 aromatic carbocycles. The molecule has 0 radical (unpaired) electrons. The number of carbonyl (C=O) groups excluding carboxylic acids is 2. The number of likely N-dealkylation sites (N-methyl/N-ethyl adjacent to an activating group) is 1. The minimum Gasteiger partial charge on any atom is -0.486 e. The number of aromatic nitrogens is 2. The summed E-state index contributed by atoms with van der Waals surface area (Å²) in [5, 5.41) is 9.62. The quantitative estimate of drug-likeness (QED) is 0.592. The number of benzene rings is 1. The lowest BCUT2D eigenvalue weighted by molar-refractivity contribution is -0.117. The molecule has 0 aliphatic carbocycles. The van der Waals surface area contributed by atoms with Gasteiger partial charge in [-0.2, -0.15) is 4.98 Å². The third-order valence-electron chi connectivity index (χ3n) is 4.84. The van der Waals surface area contributed by atoms with Gasteiger partial charge in [0.2, 0.25) is 11.8 Å². The average Bonchev–Trinajstić information content (AvgIpc) is 3.21. The largest absolute Gasteiger partial charge is 0.486 e. The van der Waals surface area contributed by atoms with Crippen LogP contribution in [-0.4, -0.2) is 58.9 Å². The molecule has 0 saturated carbocycles. The van der Waals surface area contributed by atoms with Crippen LogP contribution in [0.1, 0.15) is 53.3 Å². The maximum absolute atomic E-state index is 12.6. The number of amides is 2. The summed E-state index contributed by atoms with van der Waals surface area (Å²) >= 11 is 0. The van der Waals surface area contributed by atoms with Crippen molar-refractivity contribution in [3.05, 3.63) is 29.9 Å². The first-order valence-corrected chi connectivity index (χ1v) is 11.2. The minimum absolute atomic E-state index is 0.127. The molecular formula is C23H33N5O6. The Hall–Kier alpha value is -3.34. The lowest BCUT2D eigenvalue weighted by Crippen LogP contribution is -2.44. The summed E-state index contributed by atoms with van der Waals surface area (Å²) in [6.45, 7) is 12.8. The predicted octanol–water partition coefficient (Wildman–Crippen LogP) is 3.06. The summed E-state index contributed by atoms with van der Waals surface area (Å²) in [6.07, 6.45) is -0.574. The van der Waals surface area contributed by atoms with Gasteiger partial charge in [0.05, 0.1) is 13.1 Å². The molecule has 0 bridgehead atoms. The maximum Gasteiger partial charge on any atom is 0.408 e. The summed E-state index contributed by atoms with van der Waals surface area (Å²) in [5.41, 5.74) is -0.901. The van der Waals surface area contributed by atoms with Crippen LogP contribution >= 0.6 is 0 Å². The van der Waals surface area contributed by atoms with Crippen molar-refractivity contribution >= 4 is 17.7 Å². The molecule has 11 heteroatoms. The highest BCUT2D eigenvalue weighted by Gasteiger charge is 2.31. The first-order valence-electron chi connectivity index (χ1n) is 11.2. The monoisotopic (exact) mass is 475 g/mol. The molecule has 1 aliphatic heterocycles. The fraction of sp³-hybridized carbons (Fsp3) is 0.565. The van der Waals surface area contributed by atoms with Gasteiger partial charge in [0.15, 0.2) is 17.3 Å². The second-order valence-corrected chi connectivity index (χ2v) is 9.47. The Labute approximate surface area is 199 Å². The number of carbonyl (C=O) groups is 2. The van der Waals surface area contributed by atoms with Gasteiger partial charge in [-0.05, 0) is 53.3 Å². The summed E-state index contributed by atoms with van der Waals surface area (Å²) in [7, 11) is 0. The Balaban J connectivity index is 1.56. The predicted molar refractivity (Wildman–Crippen MR) is 124 cm³/mol. The van der Waals surface area contributed by atoms with Crippen molar-refractivity contribution < 1.29 is 28.3 Å². The number of alkyl carbamates (subject to hydrolysis) is 1. The summed E-state index contributed by atoms with van der Waals surface area (Å²) in [6, 6.07) is 5.28. The van der Waals surface area contributed by atoms with Gasteiger partial charge in [-0.1, -0.05) is 12.1 Å². The number of anilines is 1. The van der Waals surface area contributed by atoms with E-state index in [1.165, 1.54) is 0 Å². The van der Waals surface area contributed by atoms with E-state index in [1.54, 1.807) is 52.8 Å². The molecule has 0 fully saturated rings. The molecule has 1 aromatic heterocycles. The van der Waals surface area contributed by atoms with E-state index in [2.05, 4.69) is 20.8 Å². The van der Waals surface area contributed by atoms with Gasteiger partial charge in [0.1, 0.15) is 24.4 Å². The highest BCUT2D eigenvalue weighted by Crippen LogP contribution is 2.32. The Morgan fingerprint density at radius 1 is 1.12 bits per heavy atom. The van der Waals surface area contributed by atoms with Crippen LogP contribution < -0.4 is 20.1 Å². The van der Waals surface area contributed by atoms with Crippen molar-refractivity contribution in [3.8, 4) is 11.5 Å². The van der Waals surface area contributed by atoms with Crippen molar-refractivity contribution in [1.29, 1.82) is 0 Å². The number of nitrogens with one attached hydrogen (secondary N) is 2. The molecule has 2 heterocycles. The number of hydrogen-bond donors (Lipinski definition) is 2. The Morgan fingerprint density at radius 2 is 1.82 bits per heavy atom.